The van der Waals surface area contributed by atoms with Crippen molar-refractivity contribution in [1.29, 1.82) is 0 Å². The third-order valence-corrected chi connectivity index (χ3v) is 3.45. The molecule has 1 atom stereocenters. The molecule has 0 aliphatic heterocycles. The molecule has 1 aliphatic rings. The van der Waals surface area contributed by atoms with E-state index in [1.54, 1.807) is 13.8 Å². The number of aliphatic hydroxyl groups is 1. The van der Waals surface area contributed by atoms with Gasteiger partial charge in [-0.15, -0.1) is 0 Å². The Kier molecular flexibility index (Phi) is 3.23. The molecular weight excluding hydrogens is 232 g/mol. The fraction of sp³-hybridized carbons (Fsp3) is 0.643. The van der Waals surface area contributed by atoms with Crippen LogP contribution in [0.3, 0.4) is 0 Å². The summed E-state index contributed by atoms with van der Waals surface area (Å²) in [6, 6.07) is 0. The first-order valence-electron chi connectivity index (χ1n) is 6.33. The number of rotatable bonds is 2. The van der Waals surface area contributed by atoms with E-state index in [9.17, 15) is 9.90 Å². The first-order valence-corrected chi connectivity index (χ1v) is 6.33. The van der Waals surface area contributed by atoms with Gasteiger partial charge in [0.2, 0.25) is 5.76 Å². The van der Waals surface area contributed by atoms with E-state index in [0.29, 0.717) is 18.6 Å². The molecule has 0 aromatic carbocycles. The Balaban J connectivity index is 2.42. The van der Waals surface area contributed by atoms with E-state index in [0.717, 1.165) is 17.7 Å². The van der Waals surface area contributed by atoms with Crippen molar-refractivity contribution < 1.29 is 19.1 Å². The van der Waals surface area contributed by atoms with E-state index in [1.807, 2.05) is 0 Å². The summed E-state index contributed by atoms with van der Waals surface area (Å²) < 4.78 is 10.6. The summed E-state index contributed by atoms with van der Waals surface area (Å²) in [5.41, 5.74) is 1.48. The van der Waals surface area contributed by atoms with Gasteiger partial charge in [0.05, 0.1) is 12.7 Å². The highest BCUT2D eigenvalue weighted by Crippen LogP contribution is 2.43. The minimum Gasteiger partial charge on any atom is -0.460 e. The van der Waals surface area contributed by atoms with E-state index < -0.39 is 12.1 Å². The Bertz CT molecular complexity index is 470. The molecule has 100 valence electrons. The van der Waals surface area contributed by atoms with Gasteiger partial charge in [-0.1, -0.05) is 13.8 Å². The third-order valence-electron chi connectivity index (χ3n) is 3.45. The zero-order valence-electron chi connectivity index (χ0n) is 11.4. The number of ether oxygens (including phenoxy) is 1. The lowest BCUT2D eigenvalue weighted by Gasteiger charge is -2.31. The highest BCUT2D eigenvalue weighted by Gasteiger charge is 2.37. The molecule has 1 aromatic heterocycles. The van der Waals surface area contributed by atoms with Crippen molar-refractivity contribution in [2.45, 2.75) is 46.6 Å². The van der Waals surface area contributed by atoms with Gasteiger partial charge in [0.15, 0.2) is 0 Å². The summed E-state index contributed by atoms with van der Waals surface area (Å²) in [6.07, 6.45) is 0.859. The lowest BCUT2D eigenvalue weighted by atomic mass is 9.75. The van der Waals surface area contributed by atoms with Crippen LogP contribution in [0, 0.1) is 12.3 Å². The fourth-order valence-electron chi connectivity index (χ4n) is 2.68. The second-order valence-electron chi connectivity index (χ2n) is 5.67. The van der Waals surface area contributed by atoms with Crippen LogP contribution in [0.15, 0.2) is 4.42 Å². The van der Waals surface area contributed by atoms with Crippen LogP contribution in [0.25, 0.3) is 0 Å². The van der Waals surface area contributed by atoms with Crippen LogP contribution in [0.4, 0.5) is 0 Å². The molecule has 4 heteroatoms. The van der Waals surface area contributed by atoms with E-state index in [2.05, 4.69) is 13.8 Å². The van der Waals surface area contributed by atoms with Gasteiger partial charge < -0.3 is 14.3 Å². The predicted octanol–water partition coefficient (Wildman–Crippen LogP) is 2.77. The minimum absolute atomic E-state index is 0.0113. The molecule has 1 aliphatic carbocycles. The standard InChI is InChI=1S/C14H20O4/c1-5-17-13(16)12-8(2)11-9(15)6-14(3,4)7-10(11)18-12/h9,15H,5-7H2,1-4H3. The van der Waals surface area contributed by atoms with Crippen LogP contribution < -0.4 is 0 Å². The number of esters is 1. The smallest absolute Gasteiger partial charge is 0.374 e. The van der Waals surface area contributed by atoms with Gasteiger partial charge in [-0.05, 0) is 25.7 Å². The minimum atomic E-state index is -0.560. The van der Waals surface area contributed by atoms with Gasteiger partial charge in [-0.25, -0.2) is 4.79 Å². The van der Waals surface area contributed by atoms with Gasteiger partial charge in [0.25, 0.3) is 0 Å². The van der Waals surface area contributed by atoms with E-state index in [4.69, 9.17) is 9.15 Å². The van der Waals surface area contributed by atoms with Gasteiger partial charge in [0.1, 0.15) is 5.76 Å². The van der Waals surface area contributed by atoms with Crippen molar-refractivity contribution in [2.75, 3.05) is 6.61 Å². The fourth-order valence-corrected chi connectivity index (χ4v) is 2.68. The second-order valence-corrected chi connectivity index (χ2v) is 5.67. The molecule has 1 heterocycles. The van der Waals surface area contributed by atoms with Gasteiger partial charge in [-0.2, -0.15) is 0 Å². The summed E-state index contributed by atoms with van der Waals surface area (Å²) in [5.74, 6) is 0.507. The maximum absolute atomic E-state index is 11.8. The molecule has 0 spiro atoms. The molecule has 2 rings (SSSR count). The zero-order valence-corrected chi connectivity index (χ0v) is 11.4. The molecule has 0 bridgehead atoms. The van der Waals surface area contributed by atoms with Crippen LogP contribution in [-0.4, -0.2) is 17.7 Å². The van der Waals surface area contributed by atoms with Crippen LogP contribution >= 0.6 is 0 Å². The first-order chi connectivity index (χ1) is 8.35. The number of hydrogen-bond acceptors (Lipinski definition) is 4. The third kappa shape index (κ3) is 2.17. The summed E-state index contributed by atoms with van der Waals surface area (Å²) in [6.45, 7) is 8.05. The lowest BCUT2D eigenvalue weighted by Crippen LogP contribution is -2.24. The lowest BCUT2D eigenvalue weighted by molar-refractivity contribution is 0.0482. The van der Waals surface area contributed by atoms with Crippen LogP contribution in [0.2, 0.25) is 0 Å². The Morgan fingerprint density at radius 1 is 1.56 bits per heavy atom. The Hall–Kier alpha value is -1.29. The highest BCUT2D eigenvalue weighted by molar-refractivity contribution is 5.88. The molecule has 1 N–H and O–H groups in total. The molecule has 0 fully saturated rings. The Morgan fingerprint density at radius 2 is 2.22 bits per heavy atom. The molecule has 1 unspecified atom stereocenters. The highest BCUT2D eigenvalue weighted by atomic mass is 16.5. The average molecular weight is 252 g/mol. The number of hydrogen-bond donors (Lipinski definition) is 1. The number of carbonyl (C=O) groups is 1. The van der Waals surface area contributed by atoms with Crippen molar-refractivity contribution in [3.8, 4) is 0 Å². The van der Waals surface area contributed by atoms with Gasteiger partial charge in [0, 0.05) is 17.5 Å². The monoisotopic (exact) mass is 252 g/mol. The SMILES string of the molecule is CCOC(=O)c1oc2c(c1C)C(O)CC(C)(C)C2. The molecule has 1 aromatic rings. The predicted molar refractivity (Wildman–Crippen MR) is 66.5 cm³/mol. The summed E-state index contributed by atoms with van der Waals surface area (Å²) >= 11 is 0. The zero-order chi connectivity index (χ0) is 13.5. The van der Waals surface area contributed by atoms with E-state index in [-0.39, 0.29) is 11.2 Å². The van der Waals surface area contributed by atoms with Crippen LogP contribution in [0.5, 0.6) is 0 Å². The first kappa shape index (κ1) is 13.1. The van der Waals surface area contributed by atoms with Crippen LogP contribution in [0.1, 0.15) is 60.7 Å². The number of carbonyl (C=O) groups excluding carboxylic acids is 1. The average Bonchev–Trinajstić information content (AvgIpc) is 2.54. The number of aliphatic hydroxyl groups excluding tert-OH is 1. The molecular formula is C14H20O4. The summed E-state index contributed by atoms with van der Waals surface area (Å²) in [4.78, 5) is 11.8. The molecule has 0 radical (unpaired) electrons. The van der Waals surface area contributed by atoms with Crippen molar-refractivity contribution in [3.05, 3.63) is 22.6 Å². The topological polar surface area (TPSA) is 59.7 Å². The normalized spacial score (nSPS) is 21.5. The van der Waals surface area contributed by atoms with Crippen molar-refractivity contribution in [1.82, 2.24) is 0 Å². The number of furan rings is 1. The maximum atomic E-state index is 11.8. The quantitative estimate of drug-likeness (QED) is 0.822. The maximum Gasteiger partial charge on any atom is 0.374 e. The molecule has 0 amide bonds. The Labute approximate surface area is 107 Å². The van der Waals surface area contributed by atoms with E-state index >= 15 is 0 Å². The van der Waals surface area contributed by atoms with Crippen LogP contribution in [-0.2, 0) is 11.2 Å². The van der Waals surface area contributed by atoms with Crippen molar-refractivity contribution in [3.63, 3.8) is 0 Å². The van der Waals surface area contributed by atoms with Gasteiger partial charge in [-0.3, -0.25) is 0 Å². The van der Waals surface area contributed by atoms with Gasteiger partial charge >= 0.3 is 5.97 Å². The molecule has 18 heavy (non-hydrogen) atoms. The van der Waals surface area contributed by atoms with Crippen molar-refractivity contribution in [2.24, 2.45) is 5.41 Å². The second kappa shape index (κ2) is 4.43. The largest absolute Gasteiger partial charge is 0.460 e. The van der Waals surface area contributed by atoms with Crippen molar-refractivity contribution >= 4 is 5.97 Å². The van der Waals surface area contributed by atoms with E-state index in [1.165, 1.54) is 0 Å². The molecule has 0 saturated carbocycles. The summed E-state index contributed by atoms with van der Waals surface area (Å²) in [7, 11) is 0. The molecule has 0 saturated heterocycles. The summed E-state index contributed by atoms with van der Waals surface area (Å²) in [5, 5.41) is 10.2. The molecule has 4 nitrogen and oxygen atoms in total. The number of fused-ring (bicyclic) bond motifs is 1. The Morgan fingerprint density at radius 3 is 2.83 bits per heavy atom.